The molecule has 3 aromatic rings. The average Bonchev–Trinajstić information content (AvgIpc) is 2.78. The van der Waals surface area contributed by atoms with Crippen molar-refractivity contribution in [3.63, 3.8) is 0 Å². The molecule has 0 aromatic heterocycles. The Morgan fingerprint density at radius 3 is 2.39 bits per heavy atom. The predicted octanol–water partition coefficient (Wildman–Crippen LogP) is 5.59. The lowest BCUT2D eigenvalue weighted by Gasteiger charge is -2.30. The summed E-state index contributed by atoms with van der Waals surface area (Å²) in [6.45, 7) is 2.25. The van der Waals surface area contributed by atoms with Gasteiger partial charge < -0.3 is 15.4 Å². The van der Waals surface area contributed by atoms with Crippen LogP contribution in [-0.2, 0) is 6.61 Å². The van der Waals surface area contributed by atoms with Gasteiger partial charge in [0, 0.05) is 27.4 Å². The van der Waals surface area contributed by atoms with E-state index >= 15 is 0 Å². The Hall–Kier alpha value is -3.15. The molecule has 0 aliphatic carbocycles. The second-order valence-corrected chi connectivity index (χ2v) is 8.03. The Balaban J connectivity index is 1.56. The fourth-order valence-electron chi connectivity index (χ4n) is 3.52. The molecule has 1 heterocycles. The fraction of sp³-hybridized carbons (Fsp3) is 0.120. The lowest BCUT2D eigenvalue weighted by molar-refractivity contribution is 0.102. The molecule has 0 fully saturated rings. The number of halogens is 1. The monoisotopic (exact) mass is 448 g/mol. The number of carbonyl (C=O) groups excluding carboxylic acids is 1. The van der Waals surface area contributed by atoms with E-state index in [0.29, 0.717) is 27.9 Å². The Morgan fingerprint density at radius 2 is 1.68 bits per heavy atom. The molecule has 0 spiro atoms. The molecule has 0 radical (unpaired) electrons. The minimum Gasteiger partial charge on any atom is -0.489 e. The average molecular weight is 449 g/mol. The van der Waals surface area contributed by atoms with Crippen molar-refractivity contribution >= 4 is 34.7 Å². The van der Waals surface area contributed by atoms with E-state index in [0.717, 1.165) is 22.6 Å². The van der Waals surface area contributed by atoms with E-state index in [4.69, 9.17) is 28.6 Å². The first-order chi connectivity index (χ1) is 15.0. The van der Waals surface area contributed by atoms with Crippen molar-refractivity contribution in [2.45, 2.75) is 19.6 Å². The number of ether oxygens (including phenoxy) is 1. The summed E-state index contributed by atoms with van der Waals surface area (Å²) in [5.41, 5.74) is 3.88. The number of carbonyl (C=O) groups is 1. The van der Waals surface area contributed by atoms with Crippen molar-refractivity contribution in [1.29, 1.82) is 0 Å². The molecule has 156 valence electrons. The summed E-state index contributed by atoms with van der Waals surface area (Å²) in [5.74, 6) is 0.682. The summed E-state index contributed by atoms with van der Waals surface area (Å²) < 4.78 is 5.88. The minimum atomic E-state index is -0.348. The number of rotatable bonds is 6. The van der Waals surface area contributed by atoms with Gasteiger partial charge in [0.25, 0.3) is 0 Å². The van der Waals surface area contributed by atoms with Crippen molar-refractivity contribution in [2.24, 2.45) is 0 Å². The molecule has 4 rings (SSSR count). The molecule has 1 unspecified atom stereocenters. The number of ketones is 1. The largest absolute Gasteiger partial charge is 0.489 e. The maximum atomic E-state index is 13.2. The molecule has 0 amide bonds. The van der Waals surface area contributed by atoms with Crippen LogP contribution in [0.15, 0.2) is 90.1 Å². The maximum Gasteiger partial charge on any atom is 0.193 e. The number of hydrogen-bond donors (Lipinski definition) is 2. The van der Waals surface area contributed by atoms with Crippen LogP contribution in [0.25, 0.3) is 0 Å². The van der Waals surface area contributed by atoms with Crippen LogP contribution in [0.4, 0.5) is 0 Å². The van der Waals surface area contributed by atoms with E-state index in [1.54, 1.807) is 0 Å². The highest BCUT2D eigenvalue weighted by atomic mass is 35.5. The summed E-state index contributed by atoms with van der Waals surface area (Å²) in [5, 5.41) is 7.48. The molecule has 2 N–H and O–H groups in total. The van der Waals surface area contributed by atoms with Crippen molar-refractivity contribution < 1.29 is 9.53 Å². The molecule has 31 heavy (non-hydrogen) atoms. The van der Waals surface area contributed by atoms with Crippen LogP contribution in [-0.4, -0.2) is 10.9 Å². The molecule has 0 bridgehead atoms. The van der Waals surface area contributed by atoms with Crippen molar-refractivity contribution in [2.75, 3.05) is 0 Å². The number of benzene rings is 3. The molecule has 0 saturated heterocycles. The molecule has 4 nitrogen and oxygen atoms in total. The number of thiocarbonyl (C=S) groups is 1. The zero-order chi connectivity index (χ0) is 21.8. The second-order valence-electron chi connectivity index (χ2n) is 7.21. The van der Waals surface area contributed by atoms with E-state index < -0.39 is 0 Å². The summed E-state index contributed by atoms with van der Waals surface area (Å²) in [4.78, 5) is 13.2. The molecule has 1 aliphatic heterocycles. The van der Waals surface area contributed by atoms with E-state index in [2.05, 4.69) is 10.6 Å². The van der Waals surface area contributed by atoms with Crippen LogP contribution in [0.3, 0.4) is 0 Å². The third-order valence-corrected chi connectivity index (χ3v) is 5.70. The van der Waals surface area contributed by atoms with Gasteiger partial charge >= 0.3 is 0 Å². The van der Waals surface area contributed by atoms with Gasteiger partial charge in [-0.25, -0.2) is 0 Å². The summed E-state index contributed by atoms with van der Waals surface area (Å²) in [7, 11) is 0. The SMILES string of the molecule is CC1=C(C(=O)c2ccccc2)C(c2ccc(OCc3ccccc3Cl)cc2)NC(=S)N1. The highest BCUT2D eigenvalue weighted by molar-refractivity contribution is 7.80. The van der Waals surface area contributed by atoms with Gasteiger partial charge in [-0.3, -0.25) is 4.79 Å². The lowest BCUT2D eigenvalue weighted by Crippen LogP contribution is -2.44. The Bertz CT molecular complexity index is 1140. The highest BCUT2D eigenvalue weighted by Crippen LogP contribution is 2.30. The third-order valence-electron chi connectivity index (χ3n) is 5.12. The van der Waals surface area contributed by atoms with E-state index in [1.807, 2.05) is 85.8 Å². The topological polar surface area (TPSA) is 50.4 Å². The van der Waals surface area contributed by atoms with Gasteiger partial charge in [-0.05, 0) is 42.9 Å². The summed E-state index contributed by atoms with van der Waals surface area (Å²) in [6.07, 6.45) is 0. The maximum absolute atomic E-state index is 13.2. The first kappa shape index (κ1) is 21.1. The van der Waals surface area contributed by atoms with Crippen molar-refractivity contribution in [1.82, 2.24) is 10.6 Å². The van der Waals surface area contributed by atoms with E-state index in [9.17, 15) is 4.79 Å². The normalized spacial score (nSPS) is 15.8. The minimum absolute atomic E-state index is 0.0374. The third kappa shape index (κ3) is 4.79. The molecule has 1 aliphatic rings. The highest BCUT2D eigenvalue weighted by Gasteiger charge is 2.30. The van der Waals surface area contributed by atoms with Gasteiger partial charge in [-0.15, -0.1) is 0 Å². The van der Waals surface area contributed by atoms with Gasteiger partial charge in [0.1, 0.15) is 12.4 Å². The first-order valence-electron chi connectivity index (χ1n) is 9.87. The van der Waals surface area contributed by atoms with Crippen LogP contribution in [0, 0.1) is 0 Å². The predicted molar refractivity (Wildman–Crippen MR) is 127 cm³/mol. The molecule has 3 aromatic carbocycles. The second kappa shape index (κ2) is 9.33. The van der Waals surface area contributed by atoms with Crippen LogP contribution < -0.4 is 15.4 Å². The van der Waals surface area contributed by atoms with Gasteiger partial charge in [0.2, 0.25) is 0 Å². The number of Topliss-reactive ketones (excluding diaryl/α,β-unsaturated/α-hetero) is 1. The zero-order valence-corrected chi connectivity index (χ0v) is 18.5. The number of hydrogen-bond acceptors (Lipinski definition) is 3. The fourth-order valence-corrected chi connectivity index (χ4v) is 3.98. The summed E-state index contributed by atoms with van der Waals surface area (Å²) in [6, 6.07) is 24.2. The Labute approximate surface area is 191 Å². The Kier molecular flexibility index (Phi) is 6.35. The molecule has 1 atom stereocenters. The van der Waals surface area contributed by atoms with Crippen LogP contribution in [0.1, 0.15) is 34.5 Å². The van der Waals surface area contributed by atoms with Crippen LogP contribution in [0.5, 0.6) is 5.75 Å². The molecular formula is C25H21ClN2O2S. The Morgan fingerprint density at radius 1 is 1.00 bits per heavy atom. The first-order valence-corrected chi connectivity index (χ1v) is 10.7. The van der Waals surface area contributed by atoms with Gasteiger partial charge in [-0.2, -0.15) is 0 Å². The molecule has 6 heteroatoms. The summed E-state index contributed by atoms with van der Waals surface area (Å²) >= 11 is 11.5. The van der Waals surface area contributed by atoms with Crippen molar-refractivity contribution in [3.05, 3.63) is 112 Å². The van der Waals surface area contributed by atoms with E-state index in [1.165, 1.54) is 0 Å². The number of allylic oxidation sites excluding steroid dienone is 1. The van der Waals surface area contributed by atoms with E-state index in [-0.39, 0.29) is 11.8 Å². The molecular weight excluding hydrogens is 428 g/mol. The van der Waals surface area contributed by atoms with Gasteiger partial charge in [0.15, 0.2) is 10.9 Å². The smallest absolute Gasteiger partial charge is 0.193 e. The van der Waals surface area contributed by atoms with Crippen molar-refractivity contribution in [3.8, 4) is 5.75 Å². The zero-order valence-electron chi connectivity index (χ0n) is 16.9. The lowest BCUT2D eigenvalue weighted by atomic mass is 9.90. The van der Waals surface area contributed by atoms with Gasteiger partial charge in [0.05, 0.1) is 6.04 Å². The molecule has 0 saturated carbocycles. The van der Waals surface area contributed by atoms with Crippen LogP contribution >= 0.6 is 23.8 Å². The number of nitrogens with one attached hydrogen (secondary N) is 2. The van der Waals surface area contributed by atoms with Crippen LogP contribution in [0.2, 0.25) is 5.02 Å². The quantitative estimate of drug-likeness (QED) is 0.380. The van der Waals surface area contributed by atoms with Gasteiger partial charge in [-0.1, -0.05) is 72.3 Å². The standard InChI is InChI=1S/C25H21ClN2O2S/c1-16-22(24(29)18-7-3-2-4-8-18)23(28-25(31)27-16)17-11-13-20(14-12-17)30-15-19-9-5-6-10-21(19)26/h2-14,23H,15H2,1H3,(H2,27,28,31).